The molecule has 0 spiro atoms. The summed E-state index contributed by atoms with van der Waals surface area (Å²) < 4.78 is 2.01. The first-order valence-electron chi connectivity index (χ1n) is 6.60. The summed E-state index contributed by atoms with van der Waals surface area (Å²) in [6.45, 7) is 4.53. The fourth-order valence-corrected chi connectivity index (χ4v) is 2.49. The Morgan fingerprint density at radius 2 is 2.29 bits per heavy atom. The Hall–Kier alpha value is -0.940. The van der Waals surface area contributed by atoms with E-state index in [1.54, 1.807) is 6.33 Å². The van der Waals surface area contributed by atoms with Crippen molar-refractivity contribution in [3.05, 3.63) is 12.2 Å². The van der Waals surface area contributed by atoms with Gasteiger partial charge in [-0.25, -0.2) is 0 Å². The van der Waals surface area contributed by atoms with E-state index in [1.165, 1.54) is 38.9 Å². The van der Waals surface area contributed by atoms with Crippen molar-refractivity contribution in [3.8, 4) is 0 Å². The van der Waals surface area contributed by atoms with Crippen molar-refractivity contribution in [2.75, 3.05) is 19.6 Å². The van der Waals surface area contributed by atoms with Crippen molar-refractivity contribution < 1.29 is 0 Å². The Morgan fingerprint density at radius 1 is 1.41 bits per heavy atom. The van der Waals surface area contributed by atoms with Crippen LogP contribution in [0.4, 0.5) is 0 Å². The number of aryl methyl sites for hydroxylation is 1. The lowest BCUT2D eigenvalue weighted by Gasteiger charge is -2.15. The van der Waals surface area contributed by atoms with Gasteiger partial charge in [0.05, 0.1) is 6.54 Å². The monoisotopic (exact) mass is 235 g/mol. The second-order valence-corrected chi connectivity index (χ2v) is 5.43. The van der Waals surface area contributed by atoms with E-state index in [9.17, 15) is 0 Å². The minimum absolute atomic E-state index is 0.823. The molecule has 1 saturated heterocycles. The average molecular weight is 235 g/mol. The van der Waals surface area contributed by atoms with Crippen LogP contribution in [0.2, 0.25) is 0 Å². The number of rotatable bonds is 5. The maximum absolute atomic E-state index is 4.14. The van der Waals surface area contributed by atoms with E-state index in [1.807, 2.05) is 11.6 Å². The number of aromatic nitrogens is 3. The third-order valence-electron chi connectivity index (χ3n) is 3.81. The average Bonchev–Trinajstić information content (AvgIpc) is 2.92. The van der Waals surface area contributed by atoms with Gasteiger partial charge in [-0.2, -0.15) is 0 Å². The fourth-order valence-electron chi connectivity index (χ4n) is 2.49. The molecule has 2 heterocycles. The fraction of sp³-hybridized carbons (Fsp3) is 0.833. The molecule has 3 rings (SSSR count). The summed E-state index contributed by atoms with van der Waals surface area (Å²) in [6.07, 6.45) is 5.86. The molecule has 1 aromatic heterocycles. The van der Waals surface area contributed by atoms with Gasteiger partial charge < -0.3 is 9.88 Å². The molecular formula is C12H21N5. The molecule has 1 atom stereocenters. The molecule has 94 valence electrons. The summed E-state index contributed by atoms with van der Waals surface area (Å²) in [6, 6.07) is 0.836. The third kappa shape index (κ3) is 2.84. The molecule has 1 aromatic rings. The highest BCUT2D eigenvalue weighted by molar-refractivity contribution is 4.88. The van der Waals surface area contributed by atoms with E-state index >= 15 is 0 Å². The van der Waals surface area contributed by atoms with Crippen molar-refractivity contribution in [2.45, 2.75) is 31.8 Å². The van der Waals surface area contributed by atoms with Crippen LogP contribution in [0.3, 0.4) is 0 Å². The van der Waals surface area contributed by atoms with E-state index in [0.717, 1.165) is 24.3 Å². The highest BCUT2D eigenvalue weighted by Crippen LogP contribution is 2.21. The number of hydrogen-bond acceptors (Lipinski definition) is 4. The topological polar surface area (TPSA) is 46.0 Å². The van der Waals surface area contributed by atoms with Crippen molar-refractivity contribution in [1.82, 2.24) is 25.0 Å². The van der Waals surface area contributed by atoms with Gasteiger partial charge in [-0.3, -0.25) is 4.90 Å². The van der Waals surface area contributed by atoms with Crippen molar-refractivity contribution in [3.63, 3.8) is 0 Å². The maximum atomic E-state index is 4.14. The Kier molecular flexibility index (Phi) is 3.11. The van der Waals surface area contributed by atoms with Crippen LogP contribution in [0.15, 0.2) is 6.33 Å². The van der Waals surface area contributed by atoms with Crippen molar-refractivity contribution >= 4 is 0 Å². The van der Waals surface area contributed by atoms with Gasteiger partial charge >= 0.3 is 0 Å². The summed E-state index contributed by atoms with van der Waals surface area (Å²) in [5.74, 6) is 1.89. The molecule has 1 aliphatic carbocycles. The number of hydrogen-bond donors (Lipinski definition) is 1. The highest BCUT2D eigenvalue weighted by atomic mass is 15.3. The molecule has 1 aliphatic heterocycles. The van der Waals surface area contributed by atoms with Gasteiger partial charge in [0.25, 0.3) is 0 Å². The predicted octanol–water partition coefficient (Wildman–Crippen LogP) is 0.389. The van der Waals surface area contributed by atoms with Gasteiger partial charge in [0.15, 0.2) is 0 Å². The Labute approximate surface area is 102 Å². The Bertz CT molecular complexity index is 371. The van der Waals surface area contributed by atoms with Crippen molar-refractivity contribution in [1.29, 1.82) is 0 Å². The lowest BCUT2D eigenvalue weighted by Crippen LogP contribution is -2.28. The molecule has 1 unspecified atom stereocenters. The molecule has 5 heteroatoms. The van der Waals surface area contributed by atoms with E-state index in [2.05, 4.69) is 20.4 Å². The van der Waals surface area contributed by atoms with Crippen LogP contribution in [-0.4, -0.2) is 45.3 Å². The lowest BCUT2D eigenvalue weighted by atomic mass is 10.1. The summed E-state index contributed by atoms with van der Waals surface area (Å²) in [4.78, 5) is 2.49. The largest absolute Gasteiger partial charge is 0.320 e. The zero-order valence-electron chi connectivity index (χ0n) is 10.5. The van der Waals surface area contributed by atoms with Gasteiger partial charge in [-0.15, -0.1) is 10.2 Å². The second kappa shape index (κ2) is 4.74. The van der Waals surface area contributed by atoms with E-state index in [-0.39, 0.29) is 0 Å². The predicted molar refractivity (Wildman–Crippen MR) is 65.4 cm³/mol. The van der Waals surface area contributed by atoms with Crippen LogP contribution in [0.1, 0.15) is 25.1 Å². The second-order valence-electron chi connectivity index (χ2n) is 5.43. The minimum atomic E-state index is 0.823. The molecule has 0 radical (unpaired) electrons. The minimum Gasteiger partial charge on any atom is -0.320 e. The van der Waals surface area contributed by atoms with E-state index in [0.29, 0.717) is 0 Å². The van der Waals surface area contributed by atoms with Gasteiger partial charge in [0, 0.05) is 19.6 Å². The van der Waals surface area contributed by atoms with Crippen LogP contribution >= 0.6 is 0 Å². The highest BCUT2D eigenvalue weighted by Gasteiger charge is 2.26. The zero-order chi connectivity index (χ0) is 11.7. The van der Waals surface area contributed by atoms with Gasteiger partial charge in [0.1, 0.15) is 12.2 Å². The first-order chi connectivity index (χ1) is 8.31. The summed E-state index contributed by atoms with van der Waals surface area (Å²) in [7, 11) is 2.01. The van der Waals surface area contributed by atoms with Gasteiger partial charge in [-0.05, 0) is 38.3 Å². The Balaban J connectivity index is 1.45. The number of likely N-dealkylation sites (tertiary alicyclic amines) is 1. The summed E-state index contributed by atoms with van der Waals surface area (Å²) in [5.41, 5.74) is 0. The van der Waals surface area contributed by atoms with Crippen molar-refractivity contribution in [2.24, 2.45) is 13.0 Å². The molecular weight excluding hydrogens is 214 g/mol. The summed E-state index contributed by atoms with van der Waals surface area (Å²) >= 11 is 0. The normalized spacial score (nSPS) is 25.6. The molecule has 0 bridgehead atoms. The standard InChI is InChI=1S/C12H21N5/c1-16-9-14-15-12(16)8-17-5-4-10(7-17)6-13-11-2-3-11/h9-11,13H,2-8H2,1H3. The Morgan fingerprint density at radius 3 is 3.00 bits per heavy atom. The van der Waals surface area contributed by atoms with Gasteiger partial charge in [-0.1, -0.05) is 0 Å². The summed E-state index contributed by atoms with van der Waals surface area (Å²) in [5, 5.41) is 11.7. The van der Waals surface area contributed by atoms with E-state index < -0.39 is 0 Å². The van der Waals surface area contributed by atoms with E-state index in [4.69, 9.17) is 0 Å². The SMILES string of the molecule is Cn1cnnc1CN1CCC(CNC2CC2)C1. The molecule has 0 amide bonds. The molecule has 0 aromatic carbocycles. The van der Waals surface area contributed by atoms with Gasteiger partial charge in [0.2, 0.25) is 0 Å². The molecule has 1 saturated carbocycles. The molecule has 2 aliphatic rings. The lowest BCUT2D eigenvalue weighted by molar-refractivity contribution is 0.302. The molecule has 5 nitrogen and oxygen atoms in total. The first-order valence-corrected chi connectivity index (χ1v) is 6.60. The van der Waals surface area contributed by atoms with Crippen LogP contribution in [0.5, 0.6) is 0 Å². The molecule has 1 N–H and O–H groups in total. The van der Waals surface area contributed by atoms with Crippen LogP contribution in [-0.2, 0) is 13.6 Å². The maximum Gasteiger partial charge on any atom is 0.146 e. The number of nitrogens with one attached hydrogen (secondary N) is 1. The smallest absolute Gasteiger partial charge is 0.146 e. The zero-order valence-corrected chi connectivity index (χ0v) is 10.5. The molecule has 2 fully saturated rings. The van der Waals surface area contributed by atoms with Crippen LogP contribution in [0, 0.1) is 5.92 Å². The first kappa shape index (κ1) is 11.2. The third-order valence-corrected chi connectivity index (χ3v) is 3.81. The molecule has 17 heavy (non-hydrogen) atoms. The van der Waals surface area contributed by atoms with Crippen LogP contribution < -0.4 is 5.32 Å². The number of nitrogens with zero attached hydrogens (tertiary/aromatic N) is 4. The quantitative estimate of drug-likeness (QED) is 0.802. The van der Waals surface area contributed by atoms with Crippen LogP contribution in [0.25, 0.3) is 0 Å².